The number of benzene rings is 2. The van der Waals surface area contributed by atoms with Crippen LogP contribution in [0.2, 0.25) is 0 Å². The lowest BCUT2D eigenvalue weighted by molar-refractivity contribution is -0.118. The van der Waals surface area contributed by atoms with Crippen LogP contribution in [0.3, 0.4) is 0 Å². The van der Waals surface area contributed by atoms with E-state index < -0.39 is 0 Å². The van der Waals surface area contributed by atoms with E-state index in [4.69, 9.17) is 4.42 Å². The highest BCUT2D eigenvalue weighted by molar-refractivity contribution is 6.01. The number of hydrogen-bond donors (Lipinski definition) is 1. The van der Waals surface area contributed by atoms with E-state index in [0.717, 1.165) is 34.8 Å². The van der Waals surface area contributed by atoms with E-state index in [-0.39, 0.29) is 17.2 Å². The van der Waals surface area contributed by atoms with Crippen molar-refractivity contribution < 1.29 is 9.21 Å². The molecule has 4 nitrogen and oxygen atoms in total. The Hall–Kier alpha value is -3.27. The number of para-hydroxylation sites is 2. The SMILES string of the molecule is CC1(C)CC(=O)C2=C(C1)Nc1ccccc1N(Cc1ccccc1)[C@H]2c1ccco1. The second kappa shape index (κ2) is 7.21. The molecule has 4 heteroatoms. The molecule has 3 aromatic rings. The Morgan fingerprint density at radius 2 is 1.77 bits per heavy atom. The van der Waals surface area contributed by atoms with Crippen LogP contribution in [0.1, 0.15) is 44.1 Å². The molecule has 1 N–H and O–H groups in total. The number of anilines is 2. The van der Waals surface area contributed by atoms with Crippen molar-refractivity contribution in [1.82, 2.24) is 0 Å². The van der Waals surface area contributed by atoms with Gasteiger partial charge in [-0.05, 0) is 41.7 Å². The highest BCUT2D eigenvalue weighted by Crippen LogP contribution is 2.48. The number of carbonyl (C=O) groups excluding carboxylic acids is 1. The molecule has 0 amide bonds. The molecule has 2 heterocycles. The molecule has 2 aromatic carbocycles. The van der Waals surface area contributed by atoms with Crippen LogP contribution in [-0.2, 0) is 11.3 Å². The molecule has 5 rings (SSSR count). The largest absolute Gasteiger partial charge is 0.467 e. The van der Waals surface area contributed by atoms with E-state index in [1.54, 1.807) is 6.26 Å². The minimum Gasteiger partial charge on any atom is -0.467 e. The zero-order valence-electron chi connectivity index (χ0n) is 17.4. The van der Waals surface area contributed by atoms with Crippen molar-refractivity contribution in [2.75, 3.05) is 10.2 Å². The van der Waals surface area contributed by atoms with E-state index >= 15 is 0 Å². The lowest BCUT2D eigenvalue weighted by Crippen LogP contribution is -2.35. The average Bonchev–Trinajstić information content (AvgIpc) is 3.20. The average molecular weight is 399 g/mol. The topological polar surface area (TPSA) is 45.5 Å². The number of hydrogen-bond acceptors (Lipinski definition) is 4. The van der Waals surface area contributed by atoms with E-state index in [1.165, 1.54) is 5.56 Å². The smallest absolute Gasteiger partial charge is 0.163 e. The van der Waals surface area contributed by atoms with Crippen molar-refractivity contribution in [3.05, 3.63) is 95.6 Å². The normalized spacial score (nSPS) is 20.3. The van der Waals surface area contributed by atoms with E-state index in [2.05, 4.69) is 60.5 Å². The van der Waals surface area contributed by atoms with Crippen molar-refractivity contribution in [3.8, 4) is 0 Å². The Bertz CT molecular complexity index is 1100. The molecule has 30 heavy (non-hydrogen) atoms. The summed E-state index contributed by atoms with van der Waals surface area (Å²) in [5.41, 5.74) is 5.07. The number of fused-ring (bicyclic) bond motifs is 1. The summed E-state index contributed by atoms with van der Waals surface area (Å²) in [6, 6.07) is 22.3. The summed E-state index contributed by atoms with van der Waals surface area (Å²) >= 11 is 0. The molecular formula is C26H26N2O2. The first kappa shape index (κ1) is 18.7. The van der Waals surface area contributed by atoms with Gasteiger partial charge in [-0.3, -0.25) is 4.79 Å². The molecule has 0 saturated carbocycles. The number of allylic oxidation sites excluding steroid dienone is 1. The third-order valence-electron chi connectivity index (χ3n) is 6.01. The van der Waals surface area contributed by atoms with E-state index in [9.17, 15) is 4.79 Å². The van der Waals surface area contributed by atoms with Gasteiger partial charge in [-0.2, -0.15) is 0 Å². The predicted molar refractivity (Wildman–Crippen MR) is 119 cm³/mol. The molecule has 0 saturated heterocycles. The van der Waals surface area contributed by atoms with Gasteiger partial charge in [-0.25, -0.2) is 0 Å². The van der Waals surface area contributed by atoms with Crippen LogP contribution < -0.4 is 10.2 Å². The van der Waals surface area contributed by atoms with Crippen LogP contribution in [0, 0.1) is 5.41 Å². The summed E-state index contributed by atoms with van der Waals surface area (Å²) in [5, 5.41) is 3.63. The Balaban J connectivity index is 1.72. The predicted octanol–water partition coefficient (Wildman–Crippen LogP) is 6.10. The number of furan rings is 1. The van der Waals surface area contributed by atoms with Crippen LogP contribution in [0.15, 0.2) is 88.7 Å². The highest BCUT2D eigenvalue weighted by atomic mass is 16.3. The fourth-order valence-corrected chi connectivity index (χ4v) is 4.75. The number of ketones is 1. The van der Waals surface area contributed by atoms with Crippen molar-refractivity contribution in [2.45, 2.75) is 39.3 Å². The van der Waals surface area contributed by atoms with Gasteiger partial charge in [0.25, 0.3) is 0 Å². The number of nitrogens with one attached hydrogen (secondary N) is 1. The zero-order chi connectivity index (χ0) is 20.7. The molecule has 0 fully saturated rings. The number of nitrogens with zero attached hydrogens (tertiary/aromatic N) is 1. The minimum absolute atomic E-state index is 0.0693. The molecular weight excluding hydrogens is 372 g/mol. The van der Waals surface area contributed by atoms with Gasteiger partial charge >= 0.3 is 0 Å². The van der Waals surface area contributed by atoms with Gasteiger partial charge < -0.3 is 14.6 Å². The molecule has 2 aliphatic rings. The third kappa shape index (κ3) is 3.32. The zero-order valence-corrected chi connectivity index (χ0v) is 17.4. The first-order chi connectivity index (χ1) is 14.5. The maximum absolute atomic E-state index is 13.5. The van der Waals surface area contributed by atoms with Gasteiger partial charge in [-0.15, -0.1) is 0 Å². The molecule has 0 radical (unpaired) electrons. The van der Waals surface area contributed by atoms with E-state index in [1.807, 2.05) is 30.3 Å². The first-order valence-electron chi connectivity index (χ1n) is 10.5. The Morgan fingerprint density at radius 3 is 2.53 bits per heavy atom. The van der Waals surface area contributed by atoms with Crippen molar-refractivity contribution in [2.24, 2.45) is 5.41 Å². The Kier molecular flexibility index (Phi) is 4.50. The van der Waals surface area contributed by atoms with Gasteiger partial charge in [0.05, 0.1) is 17.6 Å². The summed E-state index contributed by atoms with van der Waals surface area (Å²) in [6.45, 7) is 5.01. The Labute approximate surface area is 177 Å². The minimum atomic E-state index is -0.269. The van der Waals surface area contributed by atoms with Crippen molar-refractivity contribution in [1.29, 1.82) is 0 Å². The van der Waals surface area contributed by atoms with Gasteiger partial charge in [0.1, 0.15) is 11.8 Å². The lowest BCUT2D eigenvalue weighted by atomic mass is 9.74. The lowest BCUT2D eigenvalue weighted by Gasteiger charge is -2.37. The standard InChI is InChI=1S/C26H26N2O2/c1-26(2)15-20-24(22(29)16-26)25(23-13-8-14-30-23)28(17-18-9-4-3-5-10-18)21-12-7-6-11-19(21)27-20/h3-14,25,27H,15-17H2,1-2H3/t25-/m0/s1. The highest BCUT2D eigenvalue weighted by Gasteiger charge is 2.42. The number of carbonyl (C=O) groups is 1. The van der Waals surface area contributed by atoms with Crippen LogP contribution in [0.4, 0.5) is 11.4 Å². The van der Waals surface area contributed by atoms with E-state index in [0.29, 0.717) is 13.0 Å². The molecule has 1 atom stereocenters. The summed E-state index contributed by atoms with van der Waals surface area (Å²) in [6.07, 6.45) is 3.07. The summed E-state index contributed by atoms with van der Waals surface area (Å²) in [4.78, 5) is 15.8. The quantitative estimate of drug-likeness (QED) is 0.579. The third-order valence-corrected chi connectivity index (χ3v) is 6.01. The fraction of sp³-hybridized carbons (Fsp3) is 0.269. The molecule has 0 unspecified atom stereocenters. The Morgan fingerprint density at radius 1 is 1.00 bits per heavy atom. The summed E-state index contributed by atoms with van der Waals surface area (Å²) in [7, 11) is 0. The monoisotopic (exact) mass is 398 g/mol. The first-order valence-corrected chi connectivity index (χ1v) is 10.5. The molecule has 152 valence electrons. The maximum Gasteiger partial charge on any atom is 0.163 e. The molecule has 1 aliphatic heterocycles. The van der Waals surface area contributed by atoms with Crippen LogP contribution >= 0.6 is 0 Å². The molecule has 0 spiro atoms. The molecule has 1 aliphatic carbocycles. The summed E-state index contributed by atoms with van der Waals surface area (Å²) < 4.78 is 5.90. The van der Waals surface area contributed by atoms with Crippen LogP contribution in [0.5, 0.6) is 0 Å². The molecule has 1 aromatic heterocycles. The fourth-order valence-electron chi connectivity index (χ4n) is 4.75. The summed E-state index contributed by atoms with van der Waals surface area (Å²) in [5.74, 6) is 0.992. The second-order valence-electron chi connectivity index (χ2n) is 9.01. The second-order valence-corrected chi connectivity index (χ2v) is 9.01. The van der Waals surface area contributed by atoms with Crippen LogP contribution in [0.25, 0.3) is 0 Å². The van der Waals surface area contributed by atoms with Crippen molar-refractivity contribution in [3.63, 3.8) is 0 Å². The van der Waals surface area contributed by atoms with Gasteiger partial charge in [0.15, 0.2) is 5.78 Å². The van der Waals surface area contributed by atoms with Crippen molar-refractivity contribution >= 4 is 17.2 Å². The van der Waals surface area contributed by atoms with Gasteiger partial charge in [0, 0.05) is 24.2 Å². The maximum atomic E-state index is 13.5. The van der Waals surface area contributed by atoms with Gasteiger partial charge in [-0.1, -0.05) is 56.3 Å². The van der Waals surface area contributed by atoms with Gasteiger partial charge in [0.2, 0.25) is 0 Å². The van der Waals surface area contributed by atoms with Crippen LogP contribution in [-0.4, -0.2) is 5.78 Å². The number of rotatable bonds is 3. The molecule has 0 bridgehead atoms. The number of Topliss-reactive ketones (excluding diaryl/α,β-unsaturated/α-hetero) is 1.